The lowest BCUT2D eigenvalue weighted by molar-refractivity contribution is 0.455. The fourth-order valence-electron chi connectivity index (χ4n) is 1.03. The Hall–Kier alpha value is -1.53. The summed E-state index contributed by atoms with van der Waals surface area (Å²) in [7, 11) is -4.14. The molecule has 15 heavy (non-hydrogen) atoms. The van der Waals surface area contributed by atoms with E-state index in [-0.39, 0.29) is 17.9 Å². The van der Waals surface area contributed by atoms with Crippen molar-refractivity contribution in [3.63, 3.8) is 0 Å². The lowest BCUT2D eigenvalue weighted by Crippen LogP contribution is -1.90. The van der Waals surface area contributed by atoms with Crippen LogP contribution in [-0.4, -0.2) is 23.2 Å². The number of allylic oxidation sites excluding steroid dienone is 1. The van der Waals surface area contributed by atoms with Crippen molar-refractivity contribution in [3.05, 3.63) is 35.2 Å². The number of rotatable bonds is 3. The zero-order chi connectivity index (χ0) is 11.5. The summed E-state index contributed by atoms with van der Waals surface area (Å²) in [5.41, 5.74) is 0.370. The maximum Gasteiger partial charge on any atom is 0.287 e. The van der Waals surface area contributed by atoms with E-state index in [2.05, 4.69) is 0 Å². The minimum absolute atomic E-state index is 0.0249. The Bertz CT molecular complexity index is 475. The Balaban J connectivity index is 2.82. The predicted octanol–water partition coefficient (Wildman–Crippen LogP) is 1.04. The first kappa shape index (κ1) is 11.5. The molecule has 0 aliphatic rings. The highest BCUT2D eigenvalue weighted by molar-refractivity contribution is 7.88. The SMILES string of the molecule is O=S(=O)(O)C=CCc1cc(O)ccc1O. The third kappa shape index (κ3) is 4.01. The van der Waals surface area contributed by atoms with Gasteiger partial charge in [0.2, 0.25) is 0 Å². The number of hydrogen-bond acceptors (Lipinski definition) is 4. The van der Waals surface area contributed by atoms with Gasteiger partial charge in [0.25, 0.3) is 10.1 Å². The van der Waals surface area contributed by atoms with Gasteiger partial charge in [0.15, 0.2) is 0 Å². The van der Waals surface area contributed by atoms with Crippen LogP contribution < -0.4 is 0 Å². The van der Waals surface area contributed by atoms with E-state index in [4.69, 9.17) is 9.66 Å². The Morgan fingerprint density at radius 3 is 2.53 bits per heavy atom. The molecule has 3 N–H and O–H groups in total. The van der Waals surface area contributed by atoms with Crippen LogP contribution >= 0.6 is 0 Å². The fraction of sp³-hybridized carbons (Fsp3) is 0.111. The van der Waals surface area contributed by atoms with Crippen molar-refractivity contribution in [3.8, 4) is 11.5 Å². The summed E-state index contributed by atoms with van der Waals surface area (Å²) in [5, 5.41) is 19.0. The molecular formula is C9H10O5S. The number of phenols is 2. The molecule has 1 aromatic carbocycles. The second-order valence-corrected chi connectivity index (χ2v) is 4.21. The molecule has 0 aliphatic carbocycles. The summed E-state index contributed by atoms with van der Waals surface area (Å²) in [6.07, 6.45) is 1.27. The lowest BCUT2D eigenvalue weighted by atomic mass is 10.1. The molecule has 0 fully saturated rings. The smallest absolute Gasteiger partial charge is 0.287 e. The summed E-state index contributed by atoms with van der Waals surface area (Å²) < 4.78 is 29.1. The molecule has 0 heterocycles. The molecule has 1 rings (SSSR count). The molecular weight excluding hydrogens is 220 g/mol. The van der Waals surface area contributed by atoms with Crippen LogP contribution in [0.3, 0.4) is 0 Å². The minimum Gasteiger partial charge on any atom is -0.508 e. The van der Waals surface area contributed by atoms with Gasteiger partial charge in [-0.3, -0.25) is 4.55 Å². The third-order valence-electron chi connectivity index (χ3n) is 1.67. The summed E-state index contributed by atoms with van der Waals surface area (Å²) in [4.78, 5) is 0. The first-order chi connectivity index (χ1) is 6.88. The van der Waals surface area contributed by atoms with Crippen LogP contribution in [0.1, 0.15) is 5.56 Å². The predicted molar refractivity (Wildman–Crippen MR) is 54.2 cm³/mol. The van der Waals surface area contributed by atoms with Gasteiger partial charge >= 0.3 is 0 Å². The number of aromatic hydroxyl groups is 2. The summed E-state index contributed by atoms with van der Waals surface area (Å²) >= 11 is 0. The van der Waals surface area contributed by atoms with E-state index in [1.807, 2.05) is 0 Å². The van der Waals surface area contributed by atoms with Crippen molar-refractivity contribution in [2.75, 3.05) is 0 Å². The molecule has 0 saturated heterocycles. The average Bonchev–Trinajstić information content (AvgIpc) is 2.09. The van der Waals surface area contributed by atoms with E-state index in [0.29, 0.717) is 11.0 Å². The molecule has 0 spiro atoms. The van der Waals surface area contributed by atoms with Crippen LogP contribution in [0.15, 0.2) is 29.7 Å². The van der Waals surface area contributed by atoms with Crippen molar-refractivity contribution in [2.45, 2.75) is 6.42 Å². The van der Waals surface area contributed by atoms with Gasteiger partial charge in [-0.2, -0.15) is 8.42 Å². The van der Waals surface area contributed by atoms with E-state index in [9.17, 15) is 13.5 Å². The molecule has 0 unspecified atom stereocenters. The zero-order valence-corrected chi connectivity index (χ0v) is 8.48. The van der Waals surface area contributed by atoms with E-state index < -0.39 is 10.1 Å². The average molecular weight is 230 g/mol. The van der Waals surface area contributed by atoms with Crippen LogP contribution in [0.5, 0.6) is 11.5 Å². The highest BCUT2D eigenvalue weighted by Gasteiger charge is 2.01. The summed E-state index contributed by atoms with van der Waals surface area (Å²) in [6, 6.07) is 3.92. The Kier molecular flexibility index (Phi) is 3.33. The molecule has 5 nitrogen and oxygen atoms in total. The first-order valence-corrected chi connectivity index (χ1v) is 5.54. The highest BCUT2D eigenvalue weighted by Crippen LogP contribution is 2.22. The molecule has 6 heteroatoms. The van der Waals surface area contributed by atoms with Crippen LogP contribution in [0.4, 0.5) is 0 Å². The standard InChI is InChI=1S/C9H10O5S/c10-8-3-4-9(11)7(6-8)2-1-5-15(12,13)14/h1,3-6,10-11H,2H2,(H,12,13,14). The zero-order valence-electron chi connectivity index (χ0n) is 7.66. The van der Waals surface area contributed by atoms with Crippen LogP contribution in [-0.2, 0) is 16.5 Å². The topological polar surface area (TPSA) is 94.8 Å². The molecule has 0 radical (unpaired) electrons. The third-order valence-corrected chi connectivity index (χ3v) is 2.21. The fourth-order valence-corrected chi connectivity index (χ4v) is 1.37. The second kappa shape index (κ2) is 4.33. The van der Waals surface area contributed by atoms with Gasteiger partial charge in [-0.25, -0.2) is 0 Å². The van der Waals surface area contributed by atoms with E-state index >= 15 is 0 Å². The van der Waals surface area contributed by atoms with Crippen molar-refractivity contribution in [1.29, 1.82) is 0 Å². The number of phenolic OH excluding ortho intramolecular Hbond substituents is 2. The highest BCUT2D eigenvalue weighted by atomic mass is 32.2. The van der Waals surface area contributed by atoms with Crippen molar-refractivity contribution in [1.82, 2.24) is 0 Å². The molecule has 0 atom stereocenters. The Morgan fingerprint density at radius 1 is 1.27 bits per heavy atom. The molecule has 0 saturated carbocycles. The van der Waals surface area contributed by atoms with Crippen molar-refractivity contribution < 1.29 is 23.2 Å². The Morgan fingerprint density at radius 2 is 1.93 bits per heavy atom. The van der Waals surface area contributed by atoms with Gasteiger partial charge in [0.05, 0.1) is 5.41 Å². The minimum atomic E-state index is -4.14. The molecule has 1 aromatic rings. The maximum absolute atomic E-state index is 10.3. The largest absolute Gasteiger partial charge is 0.508 e. The first-order valence-electron chi connectivity index (χ1n) is 4.03. The van der Waals surface area contributed by atoms with Crippen LogP contribution in [0.2, 0.25) is 0 Å². The lowest BCUT2D eigenvalue weighted by Gasteiger charge is -2.01. The van der Waals surface area contributed by atoms with Crippen molar-refractivity contribution >= 4 is 10.1 Å². The van der Waals surface area contributed by atoms with Crippen molar-refractivity contribution in [2.24, 2.45) is 0 Å². The number of benzene rings is 1. The van der Waals surface area contributed by atoms with Gasteiger partial charge in [-0.1, -0.05) is 6.08 Å². The van der Waals surface area contributed by atoms with E-state index in [0.717, 1.165) is 0 Å². The van der Waals surface area contributed by atoms with Gasteiger partial charge in [-0.05, 0) is 24.6 Å². The summed E-state index contributed by atoms with van der Waals surface area (Å²) in [6.45, 7) is 0. The monoisotopic (exact) mass is 230 g/mol. The Labute approximate surface area is 87.1 Å². The van der Waals surface area contributed by atoms with E-state index in [1.54, 1.807) is 0 Å². The number of hydrogen-bond donors (Lipinski definition) is 3. The molecule has 0 aliphatic heterocycles. The van der Waals surface area contributed by atoms with Crippen LogP contribution in [0.25, 0.3) is 0 Å². The summed E-state index contributed by atoms with van der Waals surface area (Å²) in [5.74, 6) is -0.0733. The normalized spacial score (nSPS) is 12.1. The second-order valence-electron chi connectivity index (χ2n) is 2.90. The van der Waals surface area contributed by atoms with Gasteiger partial charge in [-0.15, -0.1) is 0 Å². The molecule has 0 amide bonds. The van der Waals surface area contributed by atoms with Crippen LogP contribution in [0, 0.1) is 0 Å². The molecule has 0 bridgehead atoms. The molecule has 82 valence electrons. The van der Waals surface area contributed by atoms with E-state index in [1.165, 1.54) is 24.3 Å². The van der Waals surface area contributed by atoms with Gasteiger partial charge < -0.3 is 10.2 Å². The quantitative estimate of drug-likeness (QED) is 0.532. The van der Waals surface area contributed by atoms with Gasteiger partial charge in [0.1, 0.15) is 11.5 Å². The van der Waals surface area contributed by atoms with Gasteiger partial charge in [0, 0.05) is 5.56 Å². The maximum atomic E-state index is 10.3. The molecule has 0 aromatic heterocycles.